The van der Waals surface area contributed by atoms with Crippen molar-refractivity contribution in [3.63, 3.8) is 0 Å². The maximum absolute atomic E-state index is 12.1. The first kappa shape index (κ1) is 16.2. The Labute approximate surface area is 124 Å². The van der Waals surface area contributed by atoms with Crippen LogP contribution in [0.4, 0.5) is 0 Å². The molecule has 1 aliphatic carbocycles. The maximum Gasteiger partial charge on any atom is 0.211 e. The van der Waals surface area contributed by atoms with E-state index in [9.17, 15) is 8.42 Å². The van der Waals surface area contributed by atoms with Gasteiger partial charge in [-0.2, -0.15) is 0 Å². The molecule has 2 aliphatic rings. The van der Waals surface area contributed by atoms with Crippen molar-refractivity contribution in [1.82, 2.24) is 10.0 Å². The van der Waals surface area contributed by atoms with Gasteiger partial charge >= 0.3 is 0 Å². The van der Waals surface area contributed by atoms with E-state index in [1.54, 1.807) is 0 Å². The lowest BCUT2D eigenvalue weighted by atomic mass is 9.81. The van der Waals surface area contributed by atoms with Gasteiger partial charge < -0.3 is 5.32 Å². The van der Waals surface area contributed by atoms with Gasteiger partial charge in [-0.05, 0) is 50.1 Å². The van der Waals surface area contributed by atoms with Gasteiger partial charge in [0.2, 0.25) is 10.0 Å². The zero-order valence-electron chi connectivity index (χ0n) is 12.7. The van der Waals surface area contributed by atoms with Crippen molar-refractivity contribution in [2.45, 2.75) is 51.9 Å². The molecule has 0 spiro atoms. The zero-order valence-corrected chi connectivity index (χ0v) is 13.6. The highest BCUT2D eigenvalue weighted by Gasteiger charge is 2.22. The predicted molar refractivity (Wildman–Crippen MR) is 83.1 cm³/mol. The lowest BCUT2D eigenvalue weighted by molar-refractivity contribution is 0.278. The van der Waals surface area contributed by atoms with Crippen LogP contribution in [0, 0.1) is 17.8 Å². The molecule has 0 bridgehead atoms. The molecule has 0 aromatic heterocycles. The minimum Gasteiger partial charge on any atom is -0.317 e. The second-order valence-corrected chi connectivity index (χ2v) is 8.64. The number of sulfonamides is 1. The summed E-state index contributed by atoms with van der Waals surface area (Å²) in [7, 11) is -3.07. The van der Waals surface area contributed by atoms with E-state index in [2.05, 4.69) is 17.0 Å². The van der Waals surface area contributed by atoms with Gasteiger partial charge in [0.05, 0.1) is 5.75 Å². The molecule has 2 N–H and O–H groups in total. The molecule has 2 rings (SSSR count). The molecule has 1 aliphatic heterocycles. The number of hydrogen-bond acceptors (Lipinski definition) is 3. The Bertz CT molecular complexity index is 369. The molecule has 20 heavy (non-hydrogen) atoms. The van der Waals surface area contributed by atoms with E-state index in [1.807, 2.05) is 0 Å². The van der Waals surface area contributed by atoms with Crippen LogP contribution in [0.2, 0.25) is 0 Å². The molecule has 0 radical (unpaired) electrons. The average molecular weight is 302 g/mol. The lowest BCUT2D eigenvalue weighted by Gasteiger charge is -2.26. The summed E-state index contributed by atoms with van der Waals surface area (Å²) in [5.74, 6) is 2.25. The summed E-state index contributed by atoms with van der Waals surface area (Å²) in [6.07, 6.45) is 8.16. The van der Waals surface area contributed by atoms with Gasteiger partial charge in [-0.25, -0.2) is 13.1 Å². The Hall–Kier alpha value is -0.130. The third-order valence-electron chi connectivity index (χ3n) is 4.92. The van der Waals surface area contributed by atoms with Crippen LogP contribution >= 0.6 is 0 Å². The summed E-state index contributed by atoms with van der Waals surface area (Å²) in [5.41, 5.74) is 0. The lowest BCUT2D eigenvalue weighted by Crippen LogP contribution is -2.36. The highest BCUT2D eigenvalue weighted by atomic mass is 32.2. The maximum atomic E-state index is 12.1. The van der Waals surface area contributed by atoms with Crippen LogP contribution in [-0.2, 0) is 10.0 Å². The molecule has 0 amide bonds. The Balaban J connectivity index is 1.64. The van der Waals surface area contributed by atoms with E-state index in [0.717, 1.165) is 44.2 Å². The van der Waals surface area contributed by atoms with Crippen molar-refractivity contribution in [3.05, 3.63) is 0 Å². The summed E-state index contributed by atoms with van der Waals surface area (Å²) in [6.45, 7) is 4.87. The summed E-state index contributed by atoms with van der Waals surface area (Å²) in [6, 6.07) is 0. The smallest absolute Gasteiger partial charge is 0.211 e. The van der Waals surface area contributed by atoms with Crippen LogP contribution in [0.1, 0.15) is 51.9 Å². The van der Waals surface area contributed by atoms with Gasteiger partial charge in [0.1, 0.15) is 0 Å². The van der Waals surface area contributed by atoms with Crippen LogP contribution in [0.5, 0.6) is 0 Å². The third-order valence-corrected chi connectivity index (χ3v) is 6.48. The summed E-state index contributed by atoms with van der Waals surface area (Å²) >= 11 is 0. The first-order valence-electron chi connectivity index (χ1n) is 8.23. The Morgan fingerprint density at radius 3 is 2.30 bits per heavy atom. The third kappa shape index (κ3) is 5.70. The predicted octanol–water partition coefficient (Wildman–Crippen LogP) is 2.12. The van der Waals surface area contributed by atoms with Crippen LogP contribution in [0.25, 0.3) is 0 Å². The van der Waals surface area contributed by atoms with E-state index in [4.69, 9.17) is 0 Å². The molecule has 1 saturated carbocycles. The zero-order chi connectivity index (χ0) is 14.4. The molecule has 1 heterocycles. The van der Waals surface area contributed by atoms with Gasteiger partial charge in [-0.1, -0.05) is 32.6 Å². The Morgan fingerprint density at radius 1 is 1.00 bits per heavy atom. The van der Waals surface area contributed by atoms with E-state index in [1.165, 1.54) is 25.7 Å². The second kappa shape index (κ2) is 7.76. The Morgan fingerprint density at radius 2 is 1.65 bits per heavy atom. The van der Waals surface area contributed by atoms with Crippen LogP contribution in [-0.4, -0.2) is 33.8 Å². The van der Waals surface area contributed by atoms with E-state index >= 15 is 0 Å². The molecule has 5 heteroatoms. The molecular weight excluding hydrogens is 272 g/mol. The van der Waals surface area contributed by atoms with E-state index in [-0.39, 0.29) is 0 Å². The fraction of sp³-hybridized carbons (Fsp3) is 1.00. The van der Waals surface area contributed by atoms with Crippen molar-refractivity contribution >= 4 is 10.0 Å². The molecule has 4 nitrogen and oxygen atoms in total. The Kier molecular flexibility index (Phi) is 6.30. The van der Waals surface area contributed by atoms with Gasteiger partial charge in [0.25, 0.3) is 0 Å². The number of nitrogens with one attached hydrogen (secondary N) is 2. The van der Waals surface area contributed by atoms with Crippen molar-refractivity contribution < 1.29 is 8.42 Å². The highest BCUT2D eigenvalue weighted by molar-refractivity contribution is 7.89. The molecule has 1 saturated heterocycles. The van der Waals surface area contributed by atoms with Gasteiger partial charge in [-0.3, -0.25) is 0 Å². The summed E-state index contributed by atoms with van der Waals surface area (Å²) in [5, 5.41) is 3.27. The van der Waals surface area contributed by atoms with Crippen molar-refractivity contribution in [3.8, 4) is 0 Å². The molecule has 0 atom stereocenters. The standard InChI is InChI=1S/C15H30N2O2S/c1-13-2-4-14(5-3-13)8-11-17-20(18,19)12-15-6-9-16-10-7-15/h13-17H,2-12H2,1H3. The van der Waals surface area contributed by atoms with Crippen LogP contribution in [0.15, 0.2) is 0 Å². The van der Waals surface area contributed by atoms with E-state index < -0.39 is 10.0 Å². The minimum atomic E-state index is -3.07. The monoisotopic (exact) mass is 302 g/mol. The average Bonchev–Trinajstić information content (AvgIpc) is 2.41. The van der Waals surface area contributed by atoms with Crippen LogP contribution in [0.3, 0.4) is 0 Å². The first-order chi connectivity index (χ1) is 9.55. The van der Waals surface area contributed by atoms with Crippen molar-refractivity contribution in [2.24, 2.45) is 17.8 Å². The molecule has 2 fully saturated rings. The second-order valence-electron chi connectivity index (χ2n) is 6.78. The van der Waals surface area contributed by atoms with E-state index in [0.29, 0.717) is 18.2 Å². The SMILES string of the molecule is CC1CCC(CCNS(=O)(=O)CC2CCNCC2)CC1. The molecule has 118 valence electrons. The normalized spacial score (nSPS) is 29.4. The van der Waals surface area contributed by atoms with Crippen molar-refractivity contribution in [2.75, 3.05) is 25.4 Å². The van der Waals surface area contributed by atoms with Gasteiger partial charge in [0.15, 0.2) is 0 Å². The topological polar surface area (TPSA) is 58.2 Å². The summed E-state index contributed by atoms with van der Waals surface area (Å²) in [4.78, 5) is 0. The number of piperidine rings is 1. The fourth-order valence-corrected chi connectivity index (χ4v) is 4.95. The quantitative estimate of drug-likeness (QED) is 0.790. The molecular formula is C15H30N2O2S. The molecule has 0 aromatic rings. The summed E-state index contributed by atoms with van der Waals surface area (Å²) < 4.78 is 26.9. The largest absolute Gasteiger partial charge is 0.317 e. The fourth-order valence-electron chi connectivity index (χ4n) is 3.45. The first-order valence-corrected chi connectivity index (χ1v) is 9.88. The van der Waals surface area contributed by atoms with Crippen LogP contribution < -0.4 is 10.0 Å². The molecule has 0 aromatic carbocycles. The van der Waals surface area contributed by atoms with Gasteiger partial charge in [-0.15, -0.1) is 0 Å². The number of rotatable bonds is 6. The molecule has 0 unspecified atom stereocenters. The minimum absolute atomic E-state index is 0.316. The van der Waals surface area contributed by atoms with Gasteiger partial charge in [0, 0.05) is 6.54 Å². The number of hydrogen-bond donors (Lipinski definition) is 2. The van der Waals surface area contributed by atoms with Crippen molar-refractivity contribution in [1.29, 1.82) is 0 Å². The highest BCUT2D eigenvalue weighted by Crippen LogP contribution is 2.30.